The zero-order valence-electron chi connectivity index (χ0n) is 20.7. The van der Waals surface area contributed by atoms with Crippen LogP contribution in [0.5, 0.6) is 0 Å². The Morgan fingerprint density at radius 3 is 2.13 bits per heavy atom. The van der Waals surface area contributed by atoms with Crippen molar-refractivity contribution in [3.05, 3.63) is 76.4 Å². The minimum absolute atomic E-state index is 0.0000798. The number of rotatable bonds is 9. The lowest BCUT2D eigenvalue weighted by Gasteiger charge is -2.31. The van der Waals surface area contributed by atoms with Crippen LogP contribution >= 0.6 is 0 Å². The molecular weight excluding hydrogens is 519 g/mol. The summed E-state index contributed by atoms with van der Waals surface area (Å²) in [5.74, 6) is -0.529. The molecule has 0 unspecified atom stereocenters. The number of carbonyl (C=O) groups is 2. The van der Waals surface area contributed by atoms with Crippen molar-refractivity contribution in [2.24, 2.45) is 0 Å². The first-order chi connectivity index (χ1) is 17.6. The largest absolute Gasteiger partial charge is 0.435 e. The van der Waals surface area contributed by atoms with Crippen LogP contribution in [-0.2, 0) is 29.7 Å². The third kappa shape index (κ3) is 5.63. The summed E-state index contributed by atoms with van der Waals surface area (Å²) in [4.78, 5) is 28.6. The predicted molar refractivity (Wildman–Crippen MR) is 124 cm³/mol. The van der Waals surface area contributed by atoms with E-state index in [-0.39, 0.29) is 47.3 Å². The summed E-state index contributed by atoms with van der Waals surface area (Å²) in [5.41, 5.74) is -5.54. The van der Waals surface area contributed by atoms with Crippen LogP contribution in [-0.4, -0.2) is 38.7 Å². The van der Waals surface area contributed by atoms with Gasteiger partial charge in [0.2, 0.25) is 0 Å². The van der Waals surface area contributed by atoms with E-state index in [1.165, 1.54) is 44.2 Å². The number of aromatic nitrogens is 3. The monoisotopic (exact) mass is 543 g/mol. The number of alkyl halides is 7. The van der Waals surface area contributed by atoms with Gasteiger partial charge in [0, 0.05) is 24.0 Å². The zero-order chi connectivity index (χ0) is 28.5. The van der Waals surface area contributed by atoms with Gasteiger partial charge in [-0.05, 0) is 67.1 Å². The summed E-state index contributed by atoms with van der Waals surface area (Å²) in [7, 11) is 0. The fraction of sp³-hybridized carbons (Fsp3) is 0.385. The van der Waals surface area contributed by atoms with E-state index >= 15 is 0 Å². The Labute approximate surface area is 213 Å². The van der Waals surface area contributed by atoms with Crippen LogP contribution in [0.3, 0.4) is 0 Å². The molecule has 0 atom stereocenters. The van der Waals surface area contributed by atoms with E-state index in [4.69, 9.17) is 0 Å². The molecule has 1 aromatic heterocycles. The number of carbonyl (C=O) groups excluding carboxylic acids is 2. The molecular formula is C26H24F7N3O2. The van der Waals surface area contributed by atoms with Crippen LogP contribution in [0, 0.1) is 6.92 Å². The zero-order valence-corrected chi connectivity index (χ0v) is 20.7. The standard InChI is InChI=1S/C26H24F7N3O2/c1-4-17-11-20(24(27,25(28,29)30)26(31,32)33)9-15(2)21(17)12-23(38)19-7-8-22(36-14-34-13-35-36)18(10-19)6-5-16(3)37/h7-11,13-14H,4-6,12H2,1-3H3. The van der Waals surface area contributed by atoms with Gasteiger partial charge in [-0.25, -0.2) is 14.1 Å². The van der Waals surface area contributed by atoms with Crippen molar-refractivity contribution in [2.75, 3.05) is 0 Å². The smallest absolute Gasteiger partial charge is 0.300 e. The Kier molecular flexibility index (Phi) is 8.13. The predicted octanol–water partition coefficient (Wildman–Crippen LogP) is 6.37. The highest BCUT2D eigenvalue weighted by Gasteiger charge is 2.73. The Morgan fingerprint density at radius 1 is 0.947 bits per heavy atom. The van der Waals surface area contributed by atoms with E-state index in [1.54, 1.807) is 12.1 Å². The van der Waals surface area contributed by atoms with Crippen molar-refractivity contribution in [2.45, 2.75) is 64.5 Å². The third-order valence-electron chi connectivity index (χ3n) is 6.28. The van der Waals surface area contributed by atoms with Crippen molar-refractivity contribution >= 4 is 11.6 Å². The molecule has 0 aliphatic carbocycles. The molecule has 3 aromatic rings. The summed E-state index contributed by atoms with van der Waals surface area (Å²) in [6.07, 6.45) is -9.57. The highest BCUT2D eigenvalue weighted by molar-refractivity contribution is 5.98. The fourth-order valence-corrected chi connectivity index (χ4v) is 4.23. The highest BCUT2D eigenvalue weighted by atomic mass is 19.4. The fourth-order valence-electron chi connectivity index (χ4n) is 4.23. The van der Waals surface area contributed by atoms with E-state index in [0.29, 0.717) is 29.8 Å². The molecule has 0 amide bonds. The van der Waals surface area contributed by atoms with Gasteiger partial charge in [0.1, 0.15) is 18.4 Å². The van der Waals surface area contributed by atoms with Gasteiger partial charge < -0.3 is 4.79 Å². The lowest BCUT2D eigenvalue weighted by molar-refractivity contribution is -0.348. The van der Waals surface area contributed by atoms with Crippen LogP contribution in [0.2, 0.25) is 0 Å². The van der Waals surface area contributed by atoms with Crippen LogP contribution in [0.15, 0.2) is 43.0 Å². The van der Waals surface area contributed by atoms with Crippen molar-refractivity contribution in [3.8, 4) is 5.69 Å². The quantitative estimate of drug-likeness (QED) is 0.232. The van der Waals surface area contributed by atoms with Crippen LogP contribution < -0.4 is 0 Å². The number of nitrogens with zero attached hydrogens (tertiary/aromatic N) is 3. The maximum absolute atomic E-state index is 14.7. The summed E-state index contributed by atoms with van der Waals surface area (Å²) < 4.78 is 95.9. The van der Waals surface area contributed by atoms with E-state index in [2.05, 4.69) is 10.1 Å². The van der Waals surface area contributed by atoms with Gasteiger partial charge in [0.25, 0.3) is 0 Å². The second-order valence-electron chi connectivity index (χ2n) is 8.92. The molecule has 0 spiro atoms. The van der Waals surface area contributed by atoms with Crippen molar-refractivity contribution in [1.82, 2.24) is 14.8 Å². The molecule has 0 N–H and O–H groups in total. The lowest BCUT2D eigenvalue weighted by atomic mass is 9.86. The Morgan fingerprint density at radius 2 is 1.61 bits per heavy atom. The molecule has 0 saturated heterocycles. The molecule has 1 heterocycles. The Hall–Kier alpha value is -3.57. The first-order valence-electron chi connectivity index (χ1n) is 11.6. The first-order valence-corrected chi connectivity index (χ1v) is 11.6. The molecule has 5 nitrogen and oxygen atoms in total. The Balaban J connectivity index is 2.01. The maximum Gasteiger partial charge on any atom is 0.435 e. The average molecular weight is 543 g/mol. The second kappa shape index (κ2) is 10.7. The number of ketones is 2. The molecule has 12 heteroatoms. The van der Waals surface area contributed by atoms with Crippen molar-refractivity contribution in [1.29, 1.82) is 0 Å². The summed E-state index contributed by atoms with van der Waals surface area (Å²) in [6, 6.07) is 5.71. The molecule has 0 radical (unpaired) electrons. The molecule has 0 bridgehead atoms. The summed E-state index contributed by atoms with van der Waals surface area (Å²) in [6.45, 7) is 4.15. The van der Waals surface area contributed by atoms with E-state index in [1.807, 2.05) is 0 Å². The molecule has 2 aromatic carbocycles. The number of Topliss-reactive ketones (excluding diaryl/α,β-unsaturated/α-hetero) is 2. The van der Waals surface area contributed by atoms with Gasteiger partial charge in [-0.15, -0.1) is 0 Å². The average Bonchev–Trinajstić information content (AvgIpc) is 3.36. The van der Waals surface area contributed by atoms with E-state index in [0.717, 1.165) is 0 Å². The third-order valence-corrected chi connectivity index (χ3v) is 6.28. The number of aryl methyl sites for hydroxylation is 3. The summed E-state index contributed by atoms with van der Waals surface area (Å²) >= 11 is 0. The lowest BCUT2D eigenvalue weighted by Crippen LogP contribution is -2.50. The van der Waals surface area contributed by atoms with Gasteiger partial charge in [-0.3, -0.25) is 4.79 Å². The number of hydrogen-bond acceptors (Lipinski definition) is 4. The van der Waals surface area contributed by atoms with Crippen LogP contribution in [0.4, 0.5) is 30.7 Å². The first kappa shape index (κ1) is 29.0. The van der Waals surface area contributed by atoms with Gasteiger partial charge in [0.05, 0.1) is 5.69 Å². The van der Waals surface area contributed by atoms with Crippen LogP contribution in [0.1, 0.15) is 58.4 Å². The van der Waals surface area contributed by atoms with Crippen LogP contribution in [0.25, 0.3) is 5.69 Å². The minimum Gasteiger partial charge on any atom is -0.300 e. The molecule has 0 fully saturated rings. The second-order valence-corrected chi connectivity index (χ2v) is 8.92. The molecule has 3 rings (SSSR count). The highest BCUT2D eigenvalue weighted by Crippen LogP contribution is 2.53. The number of halogens is 7. The SMILES string of the molecule is CCc1cc(C(F)(C(F)(F)F)C(F)(F)F)cc(C)c1CC(=O)c1ccc(-n2cncn2)c(CCC(C)=O)c1. The topological polar surface area (TPSA) is 64.8 Å². The molecule has 38 heavy (non-hydrogen) atoms. The Bertz CT molecular complexity index is 1320. The maximum atomic E-state index is 14.7. The van der Waals surface area contributed by atoms with Gasteiger partial charge in [0.15, 0.2) is 5.78 Å². The molecule has 0 aliphatic heterocycles. The summed E-state index contributed by atoms with van der Waals surface area (Å²) in [5, 5.41) is 4.06. The number of hydrogen-bond donors (Lipinski definition) is 0. The van der Waals surface area contributed by atoms with Crippen molar-refractivity contribution in [3.63, 3.8) is 0 Å². The van der Waals surface area contributed by atoms with E-state index in [9.17, 15) is 40.3 Å². The molecule has 204 valence electrons. The number of benzene rings is 2. The minimum atomic E-state index is -6.23. The van der Waals surface area contributed by atoms with Gasteiger partial charge in [-0.1, -0.05) is 19.1 Å². The molecule has 0 saturated carbocycles. The van der Waals surface area contributed by atoms with E-state index < -0.39 is 29.4 Å². The van der Waals surface area contributed by atoms with Gasteiger partial charge in [-0.2, -0.15) is 31.4 Å². The van der Waals surface area contributed by atoms with Gasteiger partial charge >= 0.3 is 18.0 Å². The molecule has 0 aliphatic rings. The normalized spacial score (nSPS) is 12.6. The van der Waals surface area contributed by atoms with Crippen molar-refractivity contribution < 1.29 is 40.3 Å².